The molecule has 0 aliphatic rings. The van der Waals surface area contributed by atoms with Crippen LogP contribution in [-0.2, 0) is 6.42 Å². The number of rotatable bonds is 3. The third-order valence-electron chi connectivity index (χ3n) is 1.89. The van der Waals surface area contributed by atoms with Gasteiger partial charge in [0.15, 0.2) is 0 Å². The van der Waals surface area contributed by atoms with E-state index in [-0.39, 0.29) is 11.9 Å². The highest BCUT2D eigenvalue weighted by atomic mass is 16.1. The highest BCUT2D eigenvalue weighted by Gasteiger charge is 2.06. The summed E-state index contributed by atoms with van der Waals surface area (Å²) in [6.07, 6.45) is 0.336. The zero-order valence-corrected chi connectivity index (χ0v) is 8.95. The number of nitriles is 1. The van der Waals surface area contributed by atoms with E-state index in [9.17, 15) is 4.79 Å². The Morgan fingerprint density at radius 2 is 2.27 bits per heavy atom. The van der Waals surface area contributed by atoms with Crippen LogP contribution in [0.5, 0.6) is 0 Å². The fraction of sp³-hybridized carbons (Fsp3) is 0.333. The molecular weight excluding hydrogens is 188 g/mol. The first-order chi connectivity index (χ1) is 7.13. The minimum Gasteiger partial charge on any atom is -0.350 e. The molecule has 0 spiro atoms. The predicted octanol–water partition coefficient (Wildman–Crippen LogP) is 1.89. The van der Waals surface area contributed by atoms with Crippen molar-refractivity contribution in [3.05, 3.63) is 35.4 Å². The van der Waals surface area contributed by atoms with E-state index in [2.05, 4.69) is 11.4 Å². The minimum atomic E-state index is -0.0928. The normalized spacial score (nSPS) is 9.73. The van der Waals surface area contributed by atoms with Crippen LogP contribution < -0.4 is 5.32 Å². The van der Waals surface area contributed by atoms with Gasteiger partial charge < -0.3 is 5.32 Å². The maximum Gasteiger partial charge on any atom is 0.251 e. The molecule has 1 rings (SSSR count). The zero-order chi connectivity index (χ0) is 11.3. The van der Waals surface area contributed by atoms with Crippen LogP contribution in [0, 0.1) is 11.3 Å². The van der Waals surface area contributed by atoms with Crippen LogP contribution in [0.2, 0.25) is 0 Å². The van der Waals surface area contributed by atoms with Crippen LogP contribution in [0.3, 0.4) is 0 Å². The van der Waals surface area contributed by atoms with Gasteiger partial charge in [0.25, 0.3) is 5.91 Å². The van der Waals surface area contributed by atoms with Crippen LogP contribution in [0.4, 0.5) is 0 Å². The SMILES string of the molecule is CC(C)NC(=O)c1cccc(CC#N)c1. The molecule has 0 radical (unpaired) electrons. The summed E-state index contributed by atoms with van der Waals surface area (Å²) in [6, 6.07) is 9.32. The second-order valence-corrected chi connectivity index (χ2v) is 3.66. The number of nitrogens with one attached hydrogen (secondary N) is 1. The number of amides is 1. The highest BCUT2D eigenvalue weighted by Crippen LogP contribution is 2.06. The average Bonchev–Trinajstić information content (AvgIpc) is 2.17. The van der Waals surface area contributed by atoms with Gasteiger partial charge in [0.05, 0.1) is 12.5 Å². The van der Waals surface area contributed by atoms with Crippen molar-refractivity contribution in [3.63, 3.8) is 0 Å². The van der Waals surface area contributed by atoms with Crippen LogP contribution in [0.25, 0.3) is 0 Å². The molecule has 3 nitrogen and oxygen atoms in total. The van der Waals surface area contributed by atoms with Crippen molar-refractivity contribution in [2.24, 2.45) is 0 Å². The maximum atomic E-state index is 11.6. The number of benzene rings is 1. The first-order valence-corrected chi connectivity index (χ1v) is 4.90. The summed E-state index contributed by atoms with van der Waals surface area (Å²) >= 11 is 0. The third-order valence-corrected chi connectivity index (χ3v) is 1.89. The molecule has 15 heavy (non-hydrogen) atoms. The van der Waals surface area contributed by atoms with Crippen molar-refractivity contribution < 1.29 is 4.79 Å². The minimum absolute atomic E-state index is 0.0928. The number of nitrogens with zero attached hydrogens (tertiary/aromatic N) is 1. The first-order valence-electron chi connectivity index (χ1n) is 4.90. The maximum absolute atomic E-state index is 11.6. The molecule has 1 aromatic rings. The monoisotopic (exact) mass is 202 g/mol. The molecule has 0 saturated heterocycles. The van der Waals surface area contributed by atoms with E-state index in [4.69, 9.17) is 5.26 Å². The average molecular weight is 202 g/mol. The number of hydrogen-bond acceptors (Lipinski definition) is 2. The Balaban J connectivity index is 2.81. The molecule has 0 aliphatic carbocycles. The molecule has 1 aromatic carbocycles. The largest absolute Gasteiger partial charge is 0.350 e. The molecule has 0 bridgehead atoms. The van der Waals surface area contributed by atoms with E-state index in [0.29, 0.717) is 12.0 Å². The van der Waals surface area contributed by atoms with Gasteiger partial charge >= 0.3 is 0 Å². The van der Waals surface area contributed by atoms with E-state index in [1.165, 1.54) is 0 Å². The van der Waals surface area contributed by atoms with Crippen molar-refractivity contribution >= 4 is 5.91 Å². The second-order valence-electron chi connectivity index (χ2n) is 3.66. The Hall–Kier alpha value is -1.82. The van der Waals surface area contributed by atoms with Gasteiger partial charge in [0.2, 0.25) is 0 Å². The van der Waals surface area contributed by atoms with Gasteiger partial charge in [0.1, 0.15) is 0 Å². The van der Waals surface area contributed by atoms with Gasteiger partial charge in [-0.15, -0.1) is 0 Å². The lowest BCUT2D eigenvalue weighted by Crippen LogP contribution is -2.30. The van der Waals surface area contributed by atoms with Gasteiger partial charge in [-0.1, -0.05) is 12.1 Å². The van der Waals surface area contributed by atoms with Crippen molar-refractivity contribution in [1.29, 1.82) is 5.26 Å². The Morgan fingerprint density at radius 3 is 2.87 bits per heavy atom. The van der Waals surface area contributed by atoms with Crippen molar-refractivity contribution in [2.45, 2.75) is 26.3 Å². The van der Waals surface area contributed by atoms with Crippen LogP contribution >= 0.6 is 0 Å². The highest BCUT2D eigenvalue weighted by molar-refractivity contribution is 5.94. The van der Waals surface area contributed by atoms with Gasteiger partial charge in [0, 0.05) is 11.6 Å². The fourth-order valence-electron chi connectivity index (χ4n) is 1.26. The summed E-state index contributed by atoms with van der Waals surface area (Å²) in [7, 11) is 0. The Morgan fingerprint density at radius 1 is 1.53 bits per heavy atom. The molecule has 0 aliphatic heterocycles. The molecule has 0 unspecified atom stereocenters. The Labute approximate surface area is 89.7 Å². The van der Waals surface area contributed by atoms with Crippen molar-refractivity contribution in [2.75, 3.05) is 0 Å². The quantitative estimate of drug-likeness (QED) is 0.813. The Kier molecular flexibility index (Phi) is 3.87. The van der Waals surface area contributed by atoms with Crippen molar-refractivity contribution in [3.8, 4) is 6.07 Å². The second kappa shape index (κ2) is 5.16. The molecule has 0 fully saturated rings. The molecule has 1 amide bonds. The molecular formula is C12H14N2O. The summed E-state index contributed by atoms with van der Waals surface area (Å²) in [4.78, 5) is 11.6. The van der Waals surface area contributed by atoms with E-state index >= 15 is 0 Å². The van der Waals surface area contributed by atoms with Gasteiger partial charge in [-0.25, -0.2) is 0 Å². The molecule has 0 aromatic heterocycles. The lowest BCUT2D eigenvalue weighted by molar-refractivity contribution is 0.0943. The molecule has 0 atom stereocenters. The molecule has 3 heteroatoms. The number of hydrogen-bond donors (Lipinski definition) is 1. The third kappa shape index (κ3) is 3.43. The summed E-state index contributed by atoms with van der Waals surface area (Å²) in [5, 5.41) is 11.4. The number of carbonyl (C=O) groups is 1. The van der Waals surface area contributed by atoms with Crippen LogP contribution in [0.1, 0.15) is 29.8 Å². The standard InChI is InChI=1S/C12H14N2O/c1-9(2)14-12(15)11-5-3-4-10(8-11)6-7-13/h3-5,8-9H,6H2,1-2H3,(H,14,15). The van der Waals surface area contributed by atoms with Gasteiger partial charge in [-0.05, 0) is 31.5 Å². The van der Waals surface area contributed by atoms with E-state index < -0.39 is 0 Å². The summed E-state index contributed by atoms with van der Waals surface area (Å²) in [6.45, 7) is 3.83. The first kappa shape index (κ1) is 11.3. The lowest BCUT2D eigenvalue weighted by atomic mass is 10.1. The smallest absolute Gasteiger partial charge is 0.251 e. The predicted molar refractivity (Wildman–Crippen MR) is 58.4 cm³/mol. The summed E-state index contributed by atoms with van der Waals surface area (Å²) in [5.74, 6) is -0.0928. The molecule has 0 saturated carbocycles. The van der Waals surface area contributed by atoms with Crippen LogP contribution in [-0.4, -0.2) is 11.9 Å². The van der Waals surface area contributed by atoms with E-state index in [1.54, 1.807) is 18.2 Å². The van der Waals surface area contributed by atoms with Crippen molar-refractivity contribution in [1.82, 2.24) is 5.32 Å². The van der Waals surface area contributed by atoms with Crippen LogP contribution in [0.15, 0.2) is 24.3 Å². The molecule has 0 heterocycles. The summed E-state index contributed by atoms with van der Waals surface area (Å²) in [5.41, 5.74) is 1.48. The fourth-order valence-corrected chi connectivity index (χ4v) is 1.26. The lowest BCUT2D eigenvalue weighted by Gasteiger charge is -2.08. The molecule has 78 valence electrons. The van der Waals surface area contributed by atoms with E-state index in [0.717, 1.165) is 5.56 Å². The Bertz CT molecular complexity index is 391. The van der Waals surface area contributed by atoms with Gasteiger partial charge in [-0.3, -0.25) is 4.79 Å². The zero-order valence-electron chi connectivity index (χ0n) is 8.95. The topological polar surface area (TPSA) is 52.9 Å². The van der Waals surface area contributed by atoms with Gasteiger partial charge in [-0.2, -0.15) is 5.26 Å². The van der Waals surface area contributed by atoms with E-state index in [1.807, 2.05) is 19.9 Å². The molecule has 1 N–H and O–H groups in total. The summed E-state index contributed by atoms with van der Waals surface area (Å²) < 4.78 is 0. The number of carbonyl (C=O) groups excluding carboxylic acids is 1.